The highest BCUT2D eigenvalue weighted by Crippen LogP contribution is 2.45. The minimum absolute atomic E-state index is 1.14. The average molecular weight is 576 g/mol. The molecule has 1 heterocycles. The van der Waals surface area contributed by atoms with Gasteiger partial charge in [0.25, 0.3) is 0 Å². The lowest BCUT2D eigenvalue weighted by atomic mass is 9.85. The third-order valence-electron chi connectivity index (χ3n) is 9.14. The standard InChI is InChI=1S/C44H33N/c1-30-22-23-35(28-31(30)2)44-38-21-13-12-20-37(38)43(34-18-10-5-11-19-34)39-25-24-36(29-40(39)44)45-41(32-14-6-3-7-15-32)26-27-42(45)33-16-8-4-9-17-33/h3-29H,1-2H3. The Morgan fingerprint density at radius 2 is 0.822 bits per heavy atom. The Morgan fingerprint density at radius 1 is 0.333 bits per heavy atom. The van der Waals surface area contributed by atoms with E-state index in [4.69, 9.17) is 0 Å². The zero-order valence-corrected chi connectivity index (χ0v) is 25.5. The second-order valence-electron chi connectivity index (χ2n) is 11.9. The van der Waals surface area contributed by atoms with Crippen LogP contribution in [0, 0.1) is 13.8 Å². The van der Waals surface area contributed by atoms with Crippen molar-refractivity contribution >= 4 is 21.5 Å². The molecule has 8 aromatic rings. The van der Waals surface area contributed by atoms with Gasteiger partial charge in [0.2, 0.25) is 0 Å². The van der Waals surface area contributed by atoms with E-state index in [1.54, 1.807) is 0 Å². The third kappa shape index (κ3) is 4.65. The molecule has 7 aromatic carbocycles. The van der Waals surface area contributed by atoms with Crippen LogP contribution in [0.3, 0.4) is 0 Å². The summed E-state index contributed by atoms with van der Waals surface area (Å²) in [5.41, 5.74) is 13.5. The first-order chi connectivity index (χ1) is 22.2. The predicted octanol–water partition coefficient (Wildman–Crippen LogP) is 12.1. The molecule has 1 nitrogen and oxygen atoms in total. The Labute approximate surface area is 264 Å². The summed E-state index contributed by atoms with van der Waals surface area (Å²) < 4.78 is 2.42. The van der Waals surface area contributed by atoms with Crippen molar-refractivity contribution < 1.29 is 0 Å². The number of rotatable bonds is 5. The molecule has 0 saturated carbocycles. The van der Waals surface area contributed by atoms with Crippen LogP contribution in [0.1, 0.15) is 11.1 Å². The molecule has 0 aliphatic carbocycles. The van der Waals surface area contributed by atoms with Crippen molar-refractivity contribution in [3.8, 4) is 50.5 Å². The maximum atomic E-state index is 2.42. The first-order valence-corrected chi connectivity index (χ1v) is 15.6. The zero-order chi connectivity index (χ0) is 30.3. The van der Waals surface area contributed by atoms with Crippen LogP contribution in [-0.2, 0) is 0 Å². The molecule has 0 amide bonds. The summed E-state index contributed by atoms with van der Waals surface area (Å²) in [6.07, 6.45) is 0. The molecular weight excluding hydrogens is 542 g/mol. The van der Waals surface area contributed by atoms with E-state index in [9.17, 15) is 0 Å². The predicted molar refractivity (Wildman–Crippen MR) is 192 cm³/mol. The lowest BCUT2D eigenvalue weighted by Crippen LogP contribution is -2.00. The van der Waals surface area contributed by atoms with Gasteiger partial charge in [0.05, 0.1) is 11.4 Å². The van der Waals surface area contributed by atoms with Crippen molar-refractivity contribution in [2.24, 2.45) is 0 Å². The summed E-state index contributed by atoms with van der Waals surface area (Å²) in [6, 6.07) is 59.6. The van der Waals surface area contributed by atoms with E-state index >= 15 is 0 Å². The van der Waals surface area contributed by atoms with Crippen molar-refractivity contribution in [2.45, 2.75) is 13.8 Å². The van der Waals surface area contributed by atoms with Gasteiger partial charge < -0.3 is 4.57 Å². The topological polar surface area (TPSA) is 4.93 Å². The van der Waals surface area contributed by atoms with Crippen molar-refractivity contribution in [1.29, 1.82) is 0 Å². The molecule has 0 aliphatic rings. The van der Waals surface area contributed by atoms with Crippen LogP contribution in [0.5, 0.6) is 0 Å². The summed E-state index contributed by atoms with van der Waals surface area (Å²) in [6.45, 7) is 4.40. The smallest absolute Gasteiger partial charge is 0.0535 e. The van der Waals surface area contributed by atoms with E-state index < -0.39 is 0 Å². The second-order valence-corrected chi connectivity index (χ2v) is 11.9. The van der Waals surface area contributed by atoms with Crippen LogP contribution in [0.2, 0.25) is 0 Å². The van der Waals surface area contributed by atoms with Crippen LogP contribution in [0.4, 0.5) is 0 Å². The van der Waals surface area contributed by atoms with Crippen LogP contribution < -0.4 is 0 Å². The summed E-state index contributed by atoms with van der Waals surface area (Å²) in [7, 11) is 0. The highest BCUT2D eigenvalue weighted by Gasteiger charge is 2.20. The number of fused-ring (bicyclic) bond motifs is 2. The molecule has 0 aliphatic heterocycles. The molecule has 1 aromatic heterocycles. The Bertz CT molecular complexity index is 2250. The van der Waals surface area contributed by atoms with Crippen molar-refractivity contribution in [2.75, 3.05) is 0 Å². The maximum Gasteiger partial charge on any atom is 0.0535 e. The number of hydrogen-bond acceptors (Lipinski definition) is 0. The molecular formula is C44H33N. The lowest BCUT2D eigenvalue weighted by molar-refractivity contribution is 1.10. The van der Waals surface area contributed by atoms with Crippen molar-refractivity contribution in [3.05, 3.63) is 175 Å². The van der Waals surface area contributed by atoms with Crippen LogP contribution in [0.15, 0.2) is 164 Å². The number of benzene rings is 7. The summed E-state index contributed by atoms with van der Waals surface area (Å²) in [4.78, 5) is 0. The molecule has 0 fully saturated rings. The van der Waals surface area contributed by atoms with Gasteiger partial charge in [0.1, 0.15) is 0 Å². The van der Waals surface area contributed by atoms with E-state index in [2.05, 4.69) is 182 Å². The third-order valence-corrected chi connectivity index (χ3v) is 9.14. The highest BCUT2D eigenvalue weighted by molar-refractivity contribution is 6.21. The van der Waals surface area contributed by atoms with Gasteiger partial charge in [0.15, 0.2) is 0 Å². The highest BCUT2D eigenvalue weighted by atomic mass is 15.0. The van der Waals surface area contributed by atoms with E-state index in [-0.39, 0.29) is 0 Å². The van der Waals surface area contributed by atoms with E-state index in [1.807, 2.05) is 0 Å². The molecule has 45 heavy (non-hydrogen) atoms. The zero-order valence-electron chi connectivity index (χ0n) is 25.5. The lowest BCUT2D eigenvalue weighted by Gasteiger charge is -2.21. The SMILES string of the molecule is Cc1ccc(-c2c3ccccc3c(-c3ccccc3)c3ccc(-n4c(-c5ccccc5)ccc4-c4ccccc4)cc23)cc1C. The molecule has 0 bridgehead atoms. The minimum atomic E-state index is 1.14. The monoisotopic (exact) mass is 575 g/mol. The summed E-state index contributed by atoms with van der Waals surface area (Å²) in [5.74, 6) is 0. The number of nitrogens with zero attached hydrogens (tertiary/aromatic N) is 1. The molecule has 0 unspecified atom stereocenters. The first kappa shape index (κ1) is 26.9. The molecule has 0 N–H and O–H groups in total. The van der Waals surface area contributed by atoms with Gasteiger partial charge in [-0.2, -0.15) is 0 Å². The fourth-order valence-electron chi connectivity index (χ4n) is 6.81. The van der Waals surface area contributed by atoms with Crippen LogP contribution in [-0.4, -0.2) is 4.57 Å². The van der Waals surface area contributed by atoms with Gasteiger partial charge in [-0.25, -0.2) is 0 Å². The second kappa shape index (κ2) is 11.1. The molecule has 1 heteroatoms. The molecule has 0 radical (unpaired) electrons. The molecule has 0 atom stereocenters. The van der Waals surface area contributed by atoms with Gasteiger partial charge >= 0.3 is 0 Å². The van der Waals surface area contributed by atoms with Gasteiger partial charge in [-0.05, 0) is 104 Å². The van der Waals surface area contributed by atoms with E-state index in [0.29, 0.717) is 0 Å². The van der Waals surface area contributed by atoms with Crippen LogP contribution in [0.25, 0.3) is 72.0 Å². The molecule has 0 saturated heterocycles. The quantitative estimate of drug-likeness (QED) is 0.180. The van der Waals surface area contributed by atoms with Gasteiger partial charge in [0, 0.05) is 5.69 Å². The number of hydrogen-bond donors (Lipinski definition) is 0. The Balaban J connectivity index is 1.50. The van der Waals surface area contributed by atoms with Gasteiger partial charge in [-0.15, -0.1) is 0 Å². The Kier molecular flexibility index (Phi) is 6.65. The largest absolute Gasteiger partial charge is 0.309 e. The van der Waals surface area contributed by atoms with Gasteiger partial charge in [-0.3, -0.25) is 0 Å². The van der Waals surface area contributed by atoms with Crippen LogP contribution >= 0.6 is 0 Å². The van der Waals surface area contributed by atoms with Crippen molar-refractivity contribution in [1.82, 2.24) is 4.57 Å². The Hall–Kier alpha value is -5.66. The first-order valence-electron chi connectivity index (χ1n) is 15.6. The number of aryl methyl sites for hydroxylation is 2. The van der Waals surface area contributed by atoms with E-state index in [0.717, 1.165) is 5.69 Å². The summed E-state index contributed by atoms with van der Waals surface area (Å²) in [5, 5.41) is 5.04. The Morgan fingerprint density at radius 3 is 1.38 bits per heavy atom. The fraction of sp³-hybridized carbons (Fsp3) is 0.0455. The normalized spacial score (nSPS) is 11.3. The summed E-state index contributed by atoms with van der Waals surface area (Å²) >= 11 is 0. The maximum absolute atomic E-state index is 2.42. The number of aromatic nitrogens is 1. The molecule has 214 valence electrons. The van der Waals surface area contributed by atoms with Gasteiger partial charge in [-0.1, -0.05) is 140 Å². The average Bonchev–Trinajstić information content (AvgIpc) is 3.55. The fourth-order valence-corrected chi connectivity index (χ4v) is 6.81. The van der Waals surface area contributed by atoms with E-state index in [1.165, 1.54) is 77.4 Å². The minimum Gasteiger partial charge on any atom is -0.309 e. The van der Waals surface area contributed by atoms with Crippen molar-refractivity contribution in [3.63, 3.8) is 0 Å². The molecule has 8 rings (SSSR count). The molecule has 0 spiro atoms.